The smallest absolute Gasteiger partial charge is 0.275 e. The van der Waals surface area contributed by atoms with Crippen molar-refractivity contribution in [2.24, 2.45) is 11.7 Å². The summed E-state index contributed by atoms with van der Waals surface area (Å²) in [7, 11) is 0. The zero-order valence-electron chi connectivity index (χ0n) is 12.6. The Morgan fingerprint density at radius 1 is 1.52 bits per heavy atom. The van der Waals surface area contributed by atoms with Gasteiger partial charge in [0, 0.05) is 24.5 Å². The third-order valence-electron chi connectivity index (χ3n) is 4.54. The second kappa shape index (κ2) is 5.48. The summed E-state index contributed by atoms with van der Waals surface area (Å²) in [6.45, 7) is 5.47. The van der Waals surface area contributed by atoms with E-state index in [0.29, 0.717) is 18.2 Å². The van der Waals surface area contributed by atoms with Crippen LogP contribution in [0.3, 0.4) is 0 Å². The van der Waals surface area contributed by atoms with Gasteiger partial charge in [-0.1, -0.05) is 18.6 Å². The van der Waals surface area contributed by atoms with E-state index < -0.39 is 0 Å². The summed E-state index contributed by atoms with van der Waals surface area (Å²) < 4.78 is 0. The van der Waals surface area contributed by atoms with Crippen LogP contribution in [0.25, 0.3) is 10.9 Å². The second-order valence-electron chi connectivity index (χ2n) is 6.04. The van der Waals surface area contributed by atoms with E-state index in [0.717, 1.165) is 35.9 Å². The number of aryl methyl sites for hydroxylation is 1. The van der Waals surface area contributed by atoms with E-state index in [4.69, 9.17) is 5.73 Å². The molecule has 1 aromatic heterocycles. The zero-order chi connectivity index (χ0) is 15.0. The predicted molar refractivity (Wildman–Crippen MR) is 83.1 cm³/mol. The number of carbonyl (C=O) groups is 1. The van der Waals surface area contributed by atoms with E-state index in [1.807, 2.05) is 30.0 Å². The average molecular weight is 286 g/mol. The number of hydrogen-bond donors (Lipinski definition) is 2. The van der Waals surface area contributed by atoms with Crippen molar-refractivity contribution in [3.8, 4) is 0 Å². The van der Waals surface area contributed by atoms with Crippen LogP contribution in [0.1, 0.15) is 35.8 Å². The van der Waals surface area contributed by atoms with Crippen LogP contribution in [0, 0.1) is 12.8 Å². The highest BCUT2D eigenvalue weighted by Crippen LogP contribution is 2.26. The van der Waals surface area contributed by atoms with Crippen LogP contribution in [0.2, 0.25) is 0 Å². The first-order valence-electron chi connectivity index (χ1n) is 7.57. The van der Waals surface area contributed by atoms with Crippen molar-refractivity contribution >= 4 is 16.8 Å². The summed E-state index contributed by atoms with van der Waals surface area (Å²) in [5.41, 5.74) is 8.43. The number of aromatic amines is 1. The predicted octanol–water partition coefficient (Wildman–Crippen LogP) is 2.07. The van der Waals surface area contributed by atoms with Gasteiger partial charge in [0.2, 0.25) is 0 Å². The van der Waals surface area contributed by atoms with E-state index in [-0.39, 0.29) is 11.9 Å². The molecule has 2 unspecified atom stereocenters. The third-order valence-corrected chi connectivity index (χ3v) is 4.54. The fourth-order valence-corrected chi connectivity index (χ4v) is 3.29. The Morgan fingerprint density at radius 2 is 2.33 bits per heavy atom. The monoisotopic (exact) mass is 286 g/mol. The van der Waals surface area contributed by atoms with E-state index in [1.165, 1.54) is 0 Å². The largest absolute Gasteiger partial charge is 0.333 e. The highest BCUT2D eigenvalue weighted by Gasteiger charge is 2.32. The van der Waals surface area contributed by atoms with Crippen molar-refractivity contribution in [3.05, 3.63) is 29.5 Å². The lowest BCUT2D eigenvalue weighted by Crippen LogP contribution is -2.51. The molecular formula is C16H22N4O. The summed E-state index contributed by atoms with van der Waals surface area (Å²) in [6, 6.07) is 6.10. The second-order valence-corrected chi connectivity index (χ2v) is 6.04. The van der Waals surface area contributed by atoms with Gasteiger partial charge in [-0.25, -0.2) is 0 Å². The van der Waals surface area contributed by atoms with Crippen LogP contribution >= 0.6 is 0 Å². The number of H-pyrrole nitrogens is 1. The number of nitrogens with two attached hydrogens (primary N) is 1. The number of piperidine rings is 1. The zero-order valence-corrected chi connectivity index (χ0v) is 12.6. The molecule has 1 aromatic carbocycles. The maximum Gasteiger partial charge on any atom is 0.275 e. The Balaban J connectivity index is 1.97. The first kappa shape index (κ1) is 14.1. The lowest BCUT2D eigenvalue weighted by Gasteiger charge is -2.39. The molecule has 0 saturated carbocycles. The number of benzene rings is 1. The molecular weight excluding hydrogens is 264 g/mol. The molecule has 2 atom stereocenters. The van der Waals surface area contributed by atoms with Crippen LogP contribution in [0.4, 0.5) is 0 Å². The van der Waals surface area contributed by atoms with Gasteiger partial charge in [-0.3, -0.25) is 9.89 Å². The van der Waals surface area contributed by atoms with Gasteiger partial charge in [0.1, 0.15) is 0 Å². The first-order valence-corrected chi connectivity index (χ1v) is 7.57. The van der Waals surface area contributed by atoms with E-state index in [9.17, 15) is 4.79 Å². The van der Waals surface area contributed by atoms with E-state index in [2.05, 4.69) is 17.1 Å². The topological polar surface area (TPSA) is 75.0 Å². The molecule has 5 nitrogen and oxygen atoms in total. The molecule has 0 radical (unpaired) electrons. The number of aromatic nitrogens is 2. The van der Waals surface area contributed by atoms with Gasteiger partial charge >= 0.3 is 0 Å². The summed E-state index contributed by atoms with van der Waals surface area (Å²) >= 11 is 0. The van der Waals surface area contributed by atoms with Crippen molar-refractivity contribution < 1.29 is 4.79 Å². The van der Waals surface area contributed by atoms with Gasteiger partial charge in [-0.2, -0.15) is 5.10 Å². The van der Waals surface area contributed by atoms with Gasteiger partial charge < -0.3 is 10.6 Å². The van der Waals surface area contributed by atoms with E-state index >= 15 is 0 Å². The molecule has 1 amide bonds. The number of amides is 1. The number of rotatable bonds is 2. The molecule has 1 aliphatic heterocycles. The Hall–Kier alpha value is -1.88. The van der Waals surface area contributed by atoms with Crippen molar-refractivity contribution in [2.75, 3.05) is 13.1 Å². The van der Waals surface area contributed by atoms with Crippen molar-refractivity contribution in [1.82, 2.24) is 15.1 Å². The van der Waals surface area contributed by atoms with Crippen LogP contribution in [-0.2, 0) is 0 Å². The van der Waals surface area contributed by atoms with Crippen LogP contribution in [-0.4, -0.2) is 40.1 Å². The Morgan fingerprint density at radius 3 is 3.10 bits per heavy atom. The lowest BCUT2D eigenvalue weighted by molar-refractivity contribution is 0.0528. The fourth-order valence-electron chi connectivity index (χ4n) is 3.29. The van der Waals surface area contributed by atoms with Gasteiger partial charge in [0.15, 0.2) is 5.69 Å². The number of nitrogens with one attached hydrogen (secondary N) is 1. The number of fused-ring (bicyclic) bond motifs is 1. The fraction of sp³-hybridized carbons (Fsp3) is 0.500. The first-order chi connectivity index (χ1) is 10.1. The summed E-state index contributed by atoms with van der Waals surface area (Å²) in [4.78, 5) is 14.8. The molecule has 3 rings (SSSR count). The molecule has 21 heavy (non-hydrogen) atoms. The number of hydrogen-bond acceptors (Lipinski definition) is 3. The van der Waals surface area contributed by atoms with Crippen LogP contribution in [0.5, 0.6) is 0 Å². The molecule has 2 heterocycles. The van der Waals surface area contributed by atoms with Crippen LogP contribution in [0.15, 0.2) is 18.2 Å². The molecule has 112 valence electrons. The van der Waals surface area contributed by atoms with E-state index in [1.54, 1.807) is 0 Å². The Labute approximate surface area is 124 Å². The lowest BCUT2D eigenvalue weighted by atomic mass is 9.90. The molecule has 1 aliphatic rings. The summed E-state index contributed by atoms with van der Waals surface area (Å²) in [6.07, 6.45) is 2.16. The minimum atomic E-state index is -0.00569. The third kappa shape index (κ3) is 2.42. The quantitative estimate of drug-likeness (QED) is 0.887. The van der Waals surface area contributed by atoms with Gasteiger partial charge in [0.05, 0.1) is 5.52 Å². The van der Waals surface area contributed by atoms with Gasteiger partial charge in [-0.15, -0.1) is 0 Å². The normalized spacial score (nSPS) is 22.7. The number of likely N-dealkylation sites (tertiary alicyclic amines) is 1. The SMILES string of the molecule is Cc1ccc2[nH]nc(C(=O)N3CCCC(C)C3CN)c2c1. The van der Waals surface area contributed by atoms with Crippen molar-refractivity contribution in [1.29, 1.82) is 0 Å². The average Bonchev–Trinajstić information content (AvgIpc) is 2.89. The number of nitrogens with zero attached hydrogens (tertiary/aromatic N) is 2. The van der Waals surface area contributed by atoms with Crippen molar-refractivity contribution in [3.63, 3.8) is 0 Å². The highest BCUT2D eigenvalue weighted by atomic mass is 16.2. The number of carbonyl (C=O) groups excluding carboxylic acids is 1. The maximum absolute atomic E-state index is 12.9. The van der Waals surface area contributed by atoms with Crippen molar-refractivity contribution in [2.45, 2.75) is 32.7 Å². The molecule has 2 aromatic rings. The standard InChI is InChI=1S/C16H22N4O/c1-10-5-6-13-12(8-10)15(19-18-13)16(21)20-7-3-4-11(2)14(20)9-17/h5-6,8,11,14H,3-4,7,9,17H2,1-2H3,(H,18,19). The minimum Gasteiger partial charge on any atom is -0.333 e. The molecule has 0 bridgehead atoms. The molecule has 0 aliphatic carbocycles. The Bertz CT molecular complexity index is 663. The van der Waals surface area contributed by atoms with Gasteiger partial charge in [-0.05, 0) is 37.8 Å². The summed E-state index contributed by atoms with van der Waals surface area (Å²) in [5.74, 6) is 0.438. The highest BCUT2D eigenvalue weighted by molar-refractivity contribution is 6.05. The van der Waals surface area contributed by atoms with Crippen LogP contribution < -0.4 is 5.73 Å². The Kier molecular flexibility index (Phi) is 3.68. The molecule has 5 heteroatoms. The minimum absolute atomic E-state index is 0.00569. The molecule has 0 spiro atoms. The molecule has 1 fully saturated rings. The molecule has 1 saturated heterocycles. The van der Waals surface area contributed by atoms with Gasteiger partial charge in [0.25, 0.3) is 5.91 Å². The summed E-state index contributed by atoms with van der Waals surface area (Å²) in [5, 5.41) is 8.10. The maximum atomic E-state index is 12.9. The molecule has 3 N–H and O–H groups in total.